The second kappa shape index (κ2) is 6.83. The van der Waals surface area contributed by atoms with Crippen molar-refractivity contribution in [3.63, 3.8) is 0 Å². The molecular formula is C12H23NO3S3. The first-order valence-corrected chi connectivity index (χ1v) is 9.55. The van der Waals surface area contributed by atoms with Gasteiger partial charge in [-0.1, -0.05) is 13.3 Å². The van der Waals surface area contributed by atoms with E-state index in [0.717, 1.165) is 17.9 Å². The van der Waals surface area contributed by atoms with E-state index in [1.54, 1.807) is 0 Å². The number of carboxylic acid groups (broad SMARTS) is 1. The molecule has 0 aromatic heterocycles. The van der Waals surface area contributed by atoms with E-state index in [4.69, 9.17) is 0 Å². The lowest BCUT2D eigenvalue weighted by Crippen LogP contribution is -2.53. The summed E-state index contributed by atoms with van der Waals surface area (Å²) in [6.45, 7) is 7.69. The van der Waals surface area contributed by atoms with Gasteiger partial charge >= 0.3 is 5.97 Å². The summed E-state index contributed by atoms with van der Waals surface area (Å²) < 4.78 is 14.1. The minimum atomic E-state index is -1.25. The van der Waals surface area contributed by atoms with Crippen LogP contribution in [-0.2, 0) is 15.8 Å². The number of hydrogen-bond acceptors (Lipinski definition) is 4. The van der Waals surface area contributed by atoms with Gasteiger partial charge in [-0.2, -0.15) is 0 Å². The molecular weight excluding hydrogens is 302 g/mol. The second-order valence-electron chi connectivity index (χ2n) is 5.51. The molecule has 1 saturated heterocycles. The van der Waals surface area contributed by atoms with Gasteiger partial charge in [0.1, 0.15) is 0 Å². The Kier molecular flexibility index (Phi) is 6.23. The molecule has 7 heteroatoms. The van der Waals surface area contributed by atoms with E-state index < -0.39 is 21.0 Å². The molecule has 4 nitrogen and oxygen atoms in total. The van der Waals surface area contributed by atoms with Crippen molar-refractivity contribution in [1.29, 1.82) is 0 Å². The van der Waals surface area contributed by atoms with E-state index in [0.29, 0.717) is 6.42 Å². The number of aliphatic carboxylic acids is 1. The largest absolute Gasteiger partial charge is 0.480 e. The SMILES string of the molecule is CCCC(NS(=O)C(C)(C)C)C1(C(=O)O)SCCS1. The molecule has 2 N–H and O–H groups in total. The van der Waals surface area contributed by atoms with Crippen molar-refractivity contribution in [2.75, 3.05) is 11.5 Å². The van der Waals surface area contributed by atoms with Gasteiger partial charge in [0.2, 0.25) is 0 Å². The number of rotatable bonds is 6. The molecule has 0 radical (unpaired) electrons. The van der Waals surface area contributed by atoms with Crippen molar-refractivity contribution in [3.05, 3.63) is 0 Å². The molecule has 1 fully saturated rings. The van der Waals surface area contributed by atoms with Gasteiger partial charge in [-0.3, -0.25) is 0 Å². The van der Waals surface area contributed by atoms with Crippen LogP contribution < -0.4 is 4.72 Å². The Morgan fingerprint density at radius 2 is 1.95 bits per heavy atom. The Bertz CT molecular complexity index is 349. The van der Waals surface area contributed by atoms with Gasteiger partial charge in [0.25, 0.3) is 0 Å². The Labute approximate surface area is 126 Å². The molecule has 1 rings (SSSR count). The fraction of sp³-hybridized carbons (Fsp3) is 0.917. The van der Waals surface area contributed by atoms with Gasteiger partial charge in [-0.05, 0) is 27.2 Å². The summed E-state index contributed by atoms with van der Waals surface area (Å²) in [6.07, 6.45) is 1.59. The van der Waals surface area contributed by atoms with Gasteiger partial charge in [-0.25, -0.2) is 13.7 Å². The number of thioether (sulfide) groups is 2. The molecule has 0 amide bonds. The third kappa shape index (κ3) is 4.12. The summed E-state index contributed by atoms with van der Waals surface area (Å²) in [4.78, 5) is 11.7. The Morgan fingerprint density at radius 3 is 2.32 bits per heavy atom. The minimum Gasteiger partial charge on any atom is -0.480 e. The molecule has 1 aliphatic rings. The van der Waals surface area contributed by atoms with Crippen molar-refractivity contribution >= 4 is 40.5 Å². The number of hydrogen-bond donors (Lipinski definition) is 2. The van der Waals surface area contributed by atoms with Crippen LogP contribution in [0.4, 0.5) is 0 Å². The third-order valence-corrected chi connectivity index (χ3v) is 8.02. The highest BCUT2D eigenvalue weighted by atomic mass is 32.2. The molecule has 2 unspecified atom stereocenters. The second-order valence-corrected chi connectivity index (χ2v) is 10.4. The lowest BCUT2D eigenvalue weighted by molar-refractivity contribution is -0.137. The van der Waals surface area contributed by atoms with Gasteiger partial charge in [-0.15, -0.1) is 23.5 Å². The van der Waals surface area contributed by atoms with Crippen molar-refractivity contribution in [2.45, 2.75) is 55.4 Å². The van der Waals surface area contributed by atoms with E-state index >= 15 is 0 Å². The van der Waals surface area contributed by atoms with Crippen LogP contribution in [0.3, 0.4) is 0 Å². The zero-order valence-corrected chi connectivity index (χ0v) is 14.3. The zero-order chi connectivity index (χ0) is 14.7. The van der Waals surface area contributed by atoms with Crippen molar-refractivity contribution in [2.24, 2.45) is 0 Å². The molecule has 0 aromatic rings. The van der Waals surface area contributed by atoms with E-state index in [1.807, 2.05) is 27.7 Å². The first kappa shape index (κ1) is 17.3. The lowest BCUT2D eigenvalue weighted by atomic mass is 10.1. The van der Waals surface area contributed by atoms with E-state index in [9.17, 15) is 14.1 Å². The standard InChI is InChI=1S/C12H23NO3S3/c1-5-6-9(13-19(16)11(2,3)4)12(10(14)15)17-7-8-18-12/h9,13H,5-8H2,1-4H3,(H,14,15). The third-order valence-electron chi connectivity index (χ3n) is 2.86. The van der Waals surface area contributed by atoms with Crippen molar-refractivity contribution in [1.82, 2.24) is 4.72 Å². The molecule has 0 saturated carbocycles. The summed E-state index contributed by atoms with van der Waals surface area (Å²) >= 11 is 2.93. The van der Waals surface area contributed by atoms with E-state index in [-0.39, 0.29) is 10.8 Å². The lowest BCUT2D eigenvalue weighted by Gasteiger charge is -2.34. The first-order valence-electron chi connectivity index (χ1n) is 6.43. The number of nitrogens with one attached hydrogen (secondary N) is 1. The average Bonchev–Trinajstić information content (AvgIpc) is 2.77. The highest BCUT2D eigenvalue weighted by Gasteiger charge is 2.50. The van der Waals surface area contributed by atoms with Gasteiger partial charge in [0.15, 0.2) is 4.08 Å². The smallest absolute Gasteiger partial charge is 0.331 e. The predicted octanol–water partition coefficient (Wildman–Crippen LogP) is 2.47. The topological polar surface area (TPSA) is 66.4 Å². The molecule has 0 spiro atoms. The maximum absolute atomic E-state index is 12.3. The molecule has 0 aromatic carbocycles. The maximum atomic E-state index is 12.3. The molecule has 112 valence electrons. The quantitative estimate of drug-likeness (QED) is 0.785. The van der Waals surface area contributed by atoms with Crippen molar-refractivity contribution < 1.29 is 14.1 Å². The van der Waals surface area contributed by atoms with Crippen LogP contribution in [0.15, 0.2) is 0 Å². The minimum absolute atomic E-state index is 0.271. The molecule has 0 bridgehead atoms. The maximum Gasteiger partial charge on any atom is 0.331 e. The molecule has 2 atom stereocenters. The molecule has 0 aliphatic carbocycles. The monoisotopic (exact) mass is 325 g/mol. The summed E-state index contributed by atoms with van der Waals surface area (Å²) in [6, 6.07) is -0.271. The zero-order valence-electron chi connectivity index (χ0n) is 11.9. The van der Waals surface area contributed by atoms with Crippen LogP contribution >= 0.6 is 23.5 Å². The predicted molar refractivity (Wildman–Crippen MR) is 85.0 cm³/mol. The van der Waals surface area contributed by atoms with Crippen LogP contribution in [-0.4, -0.2) is 41.7 Å². The van der Waals surface area contributed by atoms with E-state index in [2.05, 4.69) is 4.72 Å². The summed E-state index contributed by atoms with van der Waals surface area (Å²) in [5.74, 6) is 0.860. The normalized spacial score (nSPS) is 22.1. The molecule has 19 heavy (non-hydrogen) atoms. The van der Waals surface area contributed by atoms with Gasteiger partial charge in [0, 0.05) is 11.5 Å². The fourth-order valence-electron chi connectivity index (χ4n) is 1.82. The molecule has 1 heterocycles. The summed E-state index contributed by atoms with van der Waals surface area (Å²) in [7, 11) is -1.25. The van der Waals surface area contributed by atoms with E-state index in [1.165, 1.54) is 23.5 Å². The highest BCUT2D eigenvalue weighted by Crippen LogP contribution is 2.48. The summed E-state index contributed by atoms with van der Waals surface area (Å²) in [5.41, 5.74) is 0. The Balaban J connectivity index is 2.92. The van der Waals surface area contributed by atoms with Gasteiger partial charge < -0.3 is 5.11 Å². The fourth-order valence-corrected chi connectivity index (χ4v) is 5.99. The number of carboxylic acids is 1. The Hall–Kier alpha value is 0.280. The molecule has 1 aliphatic heterocycles. The van der Waals surface area contributed by atoms with Crippen LogP contribution in [0.2, 0.25) is 0 Å². The van der Waals surface area contributed by atoms with Gasteiger partial charge in [0.05, 0.1) is 21.8 Å². The van der Waals surface area contributed by atoms with Crippen LogP contribution in [0.25, 0.3) is 0 Å². The van der Waals surface area contributed by atoms with Crippen molar-refractivity contribution in [3.8, 4) is 0 Å². The Morgan fingerprint density at radius 1 is 1.42 bits per heavy atom. The first-order chi connectivity index (χ1) is 8.74. The van der Waals surface area contributed by atoms with Crippen LogP contribution in [0, 0.1) is 0 Å². The highest BCUT2D eigenvalue weighted by molar-refractivity contribution is 8.22. The number of carbonyl (C=O) groups is 1. The summed E-state index contributed by atoms with van der Waals surface area (Å²) in [5, 5.41) is 9.60. The average molecular weight is 326 g/mol. The van der Waals surface area contributed by atoms with Crippen LogP contribution in [0.1, 0.15) is 40.5 Å². The van der Waals surface area contributed by atoms with Crippen LogP contribution in [0.5, 0.6) is 0 Å².